The molecule has 1 amide bonds. The largest absolute Gasteiger partial charge is 0.333 e. The van der Waals surface area contributed by atoms with Crippen molar-refractivity contribution in [1.29, 1.82) is 0 Å². The Labute approximate surface area is 154 Å². The molecular formula is C18H16ClN3O2S. The highest BCUT2D eigenvalue weighted by molar-refractivity contribution is 8.00. The summed E-state index contributed by atoms with van der Waals surface area (Å²) in [6, 6.07) is 12.2. The first kappa shape index (κ1) is 17.5. The van der Waals surface area contributed by atoms with E-state index in [2.05, 4.69) is 15.3 Å². The molecule has 25 heavy (non-hydrogen) atoms. The fourth-order valence-corrected chi connectivity index (χ4v) is 3.26. The summed E-state index contributed by atoms with van der Waals surface area (Å²) in [7, 11) is 0. The highest BCUT2D eigenvalue weighted by Gasteiger charge is 2.17. The lowest BCUT2D eigenvalue weighted by molar-refractivity contribution is -0.115. The van der Waals surface area contributed by atoms with Gasteiger partial charge in [-0.2, -0.15) is 0 Å². The second-order valence-corrected chi connectivity index (χ2v) is 7.35. The Morgan fingerprint density at radius 3 is 2.60 bits per heavy atom. The molecule has 0 aliphatic rings. The van der Waals surface area contributed by atoms with Crippen molar-refractivity contribution in [3.63, 3.8) is 0 Å². The molecule has 128 valence electrons. The minimum atomic E-state index is -0.344. The van der Waals surface area contributed by atoms with Crippen LogP contribution in [0.1, 0.15) is 24.2 Å². The fourth-order valence-electron chi connectivity index (χ4n) is 2.27. The number of rotatable bonds is 5. The number of ketones is 1. The van der Waals surface area contributed by atoms with Crippen LogP contribution in [0.15, 0.2) is 47.6 Å². The van der Waals surface area contributed by atoms with Crippen LogP contribution in [-0.2, 0) is 4.79 Å². The molecule has 7 heteroatoms. The Morgan fingerprint density at radius 1 is 1.20 bits per heavy atom. The van der Waals surface area contributed by atoms with Gasteiger partial charge in [-0.25, -0.2) is 4.98 Å². The monoisotopic (exact) mass is 373 g/mol. The number of aromatic amines is 1. The van der Waals surface area contributed by atoms with E-state index in [9.17, 15) is 9.59 Å². The maximum Gasteiger partial charge on any atom is 0.237 e. The first-order valence-corrected chi connectivity index (χ1v) is 8.92. The number of Topliss-reactive ketones (excluding diaryl/α,β-unsaturated/α-hetero) is 1. The van der Waals surface area contributed by atoms with Gasteiger partial charge in [0.1, 0.15) is 0 Å². The van der Waals surface area contributed by atoms with Crippen molar-refractivity contribution in [2.45, 2.75) is 24.3 Å². The molecule has 3 rings (SSSR count). The molecule has 0 saturated carbocycles. The zero-order chi connectivity index (χ0) is 18.0. The average Bonchev–Trinajstić information content (AvgIpc) is 2.96. The van der Waals surface area contributed by atoms with Gasteiger partial charge >= 0.3 is 0 Å². The van der Waals surface area contributed by atoms with Gasteiger partial charge in [-0.3, -0.25) is 9.59 Å². The van der Waals surface area contributed by atoms with Crippen LogP contribution in [0.2, 0.25) is 5.02 Å². The lowest BCUT2D eigenvalue weighted by Crippen LogP contribution is -2.22. The van der Waals surface area contributed by atoms with Crippen LogP contribution in [0.5, 0.6) is 0 Å². The van der Waals surface area contributed by atoms with Crippen LogP contribution in [0.3, 0.4) is 0 Å². The van der Waals surface area contributed by atoms with Crippen molar-refractivity contribution < 1.29 is 9.59 Å². The summed E-state index contributed by atoms with van der Waals surface area (Å²) in [5.74, 6) is -0.147. The predicted octanol–water partition coefficient (Wildman–Crippen LogP) is 4.54. The number of imidazole rings is 1. The van der Waals surface area contributed by atoms with Crippen molar-refractivity contribution >= 4 is 51.8 Å². The van der Waals surface area contributed by atoms with E-state index in [0.717, 1.165) is 11.0 Å². The molecule has 0 unspecified atom stereocenters. The standard InChI is InChI=1S/C18H16ClN3O2S/c1-10(23)12-3-6-14(7-4-12)20-17(24)11(2)25-18-21-15-8-5-13(19)9-16(15)22-18/h3-9,11H,1-2H3,(H,20,24)(H,21,22)/t11-/m0/s1. The molecule has 2 N–H and O–H groups in total. The quantitative estimate of drug-likeness (QED) is 0.508. The van der Waals surface area contributed by atoms with Gasteiger partial charge < -0.3 is 10.3 Å². The molecular weight excluding hydrogens is 358 g/mol. The second kappa shape index (κ2) is 7.29. The molecule has 0 saturated heterocycles. The number of carbonyl (C=O) groups is 2. The molecule has 0 spiro atoms. The number of nitrogens with one attached hydrogen (secondary N) is 2. The molecule has 0 radical (unpaired) electrons. The zero-order valence-electron chi connectivity index (χ0n) is 13.7. The number of fused-ring (bicyclic) bond motifs is 1. The number of aromatic nitrogens is 2. The molecule has 5 nitrogen and oxygen atoms in total. The Bertz CT molecular complexity index is 937. The Balaban J connectivity index is 1.66. The number of amides is 1. The number of benzene rings is 2. The molecule has 0 bridgehead atoms. The molecule has 0 fully saturated rings. The topological polar surface area (TPSA) is 74.8 Å². The number of thioether (sulfide) groups is 1. The van der Waals surface area contributed by atoms with Crippen molar-refractivity contribution in [3.05, 3.63) is 53.1 Å². The van der Waals surface area contributed by atoms with E-state index in [1.165, 1.54) is 18.7 Å². The summed E-state index contributed by atoms with van der Waals surface area (Å²) in [6.45, 7) is 3.32. The molecule has 2 aromatic carbocycles. The van der Waals surface area contributed by atoms with E-state index in [-0.39, 0.29) is 16.9 Å². The lowest BCUT2D eigenvalue weighted by atomic mass is 10.1. The SMILES string of the molecule is CC(=O)c1ccc(NC(=O)[C@H](C)Sc2nc3ccc(Cl)cc3[nH]2)cc1. The molecule has 0 aliphatic heterocycles. The Hall–Kier alpha value is -2.31. The fraction of sp³-hybridized carbons (Fsp3) is 0.167. The smallest absolute Gasteiger partial charge is 0.237 e. The van der Waals surface area contributed by atoms with Crippen molar-refractivity contribution in [1.82, 2.24) is 9.97 Å². The third-order valence-corrected chi connectivity index (χ3v) is 4.86. The normalized spacial score (nSPS) is 12.1. The van der Waals surface area contributed by atoms with Crippen LogP contribution in [-0.4, -0.2) is 26.9 Å². The summed E-state index contributed by atoms with van der Waals surface area (Å²) in [6.07, 6.45) is 0. The Kier molecular flexibility index (Phi) is 5.11. The predicted molar refractivity (Wildman–Crippen MR) is 101 cm³/mol. The van der Waals surface area contributed by atoms with Gasteiger partial charge in [0.05, 0.1) is 16.3 Å². The van der Waals surface area contributed by atoms with Crippen LogP contribution in [0.4, 0.5) is 5.69 Å². The number of anilines is 1. The average molecular weight is 374 g/mol. The molecule has 0 aliphatic carbocycles. The molecule has 1 heterocycles. The van der Waals surface area contributed by atoms with Crippen molar-refractivity contribution in [3.8, 4) is 0 Å². The van der Waals surface area contributed by atoms with E-state index < -0.39 is 0 Å². The Morgan fingerprint density at radius 2 is 1.92 bits per heavy atom. The molecule has 3 aromatic rings. The summed E-state index contributed by atoms with van der Waals surface area (Å²) in [5, 5.41) is 3.78. The lowest BCUT2D eigenvalue weighted by Gasteiger charge is -2.10. The van der Waals surface area contributed by atoms with Crippen molar-refractivity contribution in [2.75, 3.05) is 5.32 Å². The zero-order valence-corrected chi connectivity index (χ0v) is 15.2. The van der Waals surface area contributed by atoms with Gasteiger partial charge in [0.15, 0.2) is 10.9 Å². The number of carbonyl (C=O) groups excluding carboxylic acids is 2. The van der Waals surface area contributed by atoms with E-state index in [0.29, 0.717) is 21.4 Å². The third kappa shape index (κ3) is 4.21. The van der Waals surface area contributed by atoms with Gasteiger partial charge in [0.2, 0.25) is 5.91 Å². The van der Waals surface area contributed by atoms with E-state index in [1.807, 2.05) is 13.0 Å². The van der Waals surface area contributed by atoms with Crippen LogP contribution in [0.25, 0.3) is 11.0 Å². The number of halogens is 1. The number of H-pyrrole nitrogens is 1. The number of nitrogens with zero attached hydrogens (tertiary/aromatic N) is 1. The minimum Gasteiger partial charge on any atom is -0.333 e. The summed E-state index contributed by atoms with van der Waals surface area (Å²) in [4.78, 5) is 31.2. The van der Waals surface area contributed by atoms with Gasteiger partial charge in [0.25, 0.3) is 0 Å². The summed E-state index contributed by atoms with van der Waals surface area (Å²) >= 11 is 7.30. The maximum absolute atomic E-state index is 12.3. The molecule has 1 aromatic heterocycles. The highest BCUT2D eigenvalue weighted by Crippen LogP contribution is 2.25. The van der Waals surface area contributed by atoms with Gasteiger partial charge in [-0.15, -0.1) is 0 Å². The van der Waals surface area contributed by atoms with Gasteiger partial charge in [-0.05, 0) is 56.3 Å². The van der Waals surface area contributed by atoms with E-state index in [4.69, 9.17) is 11.6 Å². The minimum absolute atomic E-state index is 0.00760. The van der Waals surface area contributed by atoms with Crippen LogP contribution in [0, 0.1) is 0 Å². The number of hydrogen-bond acceptors (Lipinski definition) is 4. The van der Waals surface area contributed by atoms with Crippen LogP contribution >= 0.6 is 23.4 Å². The second-order valence-electron chi connectivity index (χ2n) is 5.59. The van der Waals surface area contributed by atoms with Crippen LogP contribution < -0.4 is 5.32 Å². The van der Waals surface area contributed by atoms with E-state index >= 15 is 0 Å². The number of hydrogen-bond donors (Lipinski definition) is 2. The maximum atomic E-state index is 12.3. The molecule has 1 atom stereocenters. The third-order valence-electron chi connectivity index (χ3n) is 3.64. The first-order valence-electron chi connectivity index (χ1n) is 7.66. The van der Waals surface area contributed by atoms with Crippen molar-refractivity contribution in [2.24, 2.45) is 0 Å². The highest BCUT2D eigenvalue weighted by atomic mass is 35.5. The van der Waals surface area contributed by atoms with Gasteiger partial charge in [-0.1, -0.05) is 23.4 Å². The van der Waals surface area contributed by atoms with E-state index in [1.54, 1.807) is 36.4 Å². The van der Waals surface area contributed by atoms with Gasteiger partial charge in [0, 0.05) is 16.3 Å². The summed E-state index contributed by atoms with van der Waals surface area (Å²) in [5.41, 5.74) is 2.90. The first-order chi connectivity index (χ1) is 11.9. The summed E-state index contributed by atoms with van der Waals surface area (Å²) < 4.78 is 0.